The molecule has 0 aromatic rings. The van der Waals surface area contributed by atoms with Crippen molar-refractivity contribution in [1.29, 1.82) is 0 Å². The van der Waals surface area contributed by atoms with Crippen LogP contribution < -0.4 is 27.4 Å². The van der Waals surface area contributed by atoms with Crippen molar-refractivity contribution in [3.05, 3.63) is 0 Å². The maximum atomic E-state index is 11.8. The highest BCUT2D eigenvalue weighted by molar-refractivity contribution is 7.80. The third-order valence-corrected chi connectivity index (χ3v) is 3.18. The maximum Gasteiger partial charge on any atom is 0.328 e. The third kappa shape index (κ3) is 8.88. The van der Waals surface area contributed by atoms with Crippen molar-refractivity contribution in [2.45, 2.75) is 24.5 Å². The molecule has 0 bridgehead atoms. The smallest absolute Gasteiger partial charge is 0.328 e. The molecule has 142 valence electrons. The minimum absolute atomic E-state index is 0.162. The number of hydrogen-bond acceptors (Lipinski definition) is 8. The average molecular weight is 379 g/mol. The van der Waals surface area contributed by atoms with E-state index >= 15 is 0 Å². The Labute approximate surface area is 148 Å². The number of aliphatic hydroxyl groups is 1. The van der Waals surface area contributed by atoms with Gasteiger partial charge in [0.25, 0.3) is 0 Å². The second-order valence-electron chi connectivity index (χ2n) is 4.88. The van der Waals surface area contributed by atoms with Crippen molar-refractivity contribution in [2.24, 2.45) is 11.5 Å². The monoisotopic (exact) mass is 379 g/mol. The van der Waals surface area contributed by atoms with E-state index in [9.17, 15) is 24.0 Å². The van der Waals surface area contributed by atoms with E-state index < -0.39 is 67.3 Å². The molecule has 9 N–H and O–H groups in total. The first-order valence-corrected chi connectivity index (χ1v) is 7.61. The normalized spacial score (nSPS) is 13.9. The van der Waals surface area contributed by atoms with Crippen LogP contribution in [0.1, 0.15) is 6.42 Å². The van der Waals surface area contributed by atoms with Gasteiger partial charge in [0.15, 0.2) is 0 Å². The number of carbonyl (C=O) groups is 5. The Hall–Kier alpha value is -2.38. The lowest BCUT2D eigenvalue weighted by Gasteiger charge is -2.19. The highest BCUT2D eigenvalue weighted by atomic mass is 32.1. The fourth-order valence-electron chi connectivity index (χ4n) is 1.51. The average Bonchev–Trinajstić information content (AvgIpc) is 2.53. The Morgan fingerprint density at radius 3 is 2.08 bits per heavy atom. The van der Waals surface area contributed by atoms with Crippen LogP contribution in [0.15, 0.2) is 0 Å². The van der Waals surface area contributed by atoms with Crippen LogP contribution in [0.4, 0.5) is 0 Å². The van der Waals surface area contributed by atoms with Crippen LogP contribution in [0.25, 0.3) is 0 Å². The standard InChI is InChI=1S/C12H21N5O7S/c13-5(1-8(14)19)10(21)15-2-9(20)16-7(4-25)11(22)17-6(3-18)12(23)24/h5-7,18,25H,1-4,13H2,(H2,14,19)(H,15,21)(H,16,20)(H,17,22)(H,23,24). The number of carbonyl (C=O) groups excluding carboxylic acids is 4. The molecule has 0 aliphatic rings. The number of amides is 4. The maximum absolute atomic E-state index is 11.8. The molecule has 0 aliphatic heterocycles. The predicted octanol–water partition coefficient (Wildman–Crippen LogP) is -4.72. The highest BCUT2D eigenvalue weighted by Gasteiger charge is 2.25. The summed E-state index contributed by atoms with van der Waals surface area (Å²) in [4.78, 5) is 56.5. The van der Waals surface area contributed by atoms with E-state index in [4.69, 9.17) is 21.7 Å². The topological polar surface area (TPSA) is 214 Å². The minimum atomic E-state index is -1.53. The van der Waals surface area contributed by atoms with Gasteiger partial charge in [-0.05, 0) is 0 Å². The van der Waals surface area contributed by atoms with E-state index in [2.05, 4.69) is 23.3 Å². The van der Waals surface area contributed by atoms with Crippen LogP contribution in [-0.2, 0) is 24.0 Å². The molecule has 0 rings (SSSR count). The Kier molecular flexibility index (Phi) is 10.2. The molecule has 12 nitrogen and oxygen atoms in total. The molecule has 0 aromatic carbocycles. The van der Waals surface area contributed by atoms with Gasteiger partial charge in [-0.2, -0.15) is 12.6 Å². The highest BCUT2D eigenvalue weighted by Crippen LogP contribution is 1.92. The number of nitrogens with two attached hydrogens (primary N) is 2. The van der Waals surface area contributed by atoms with E-state index in [1.165, 1.54) is 0 Å². The Balaban J connectivity index is 4.49. The van der Waals surface area contributed by atoms with Gasteiger partial charge >= 0.3 is 5.97 Å². The first-order chi connectivity index (χ1) is 11.6. The zero-order valence-corrected chi connectivity index (χ0v) is 14.0. The summed E-state index contributed by atoms with van der Waals surface area (Å²) in [6, 6.07) is -3.94. The number of carboxylic acid groups (broad SMARTS) is 1. The fraction of sp³-hybridized carbons (Fsp3) is 0.583. The van der Waals surface area contributed by atoms with Crippen LogP contribution in [0, 0.1) is 0 Å². The van der Waals surface area contributed by atoms with Gasteiger partial charge < -0.3 is 37.6 Å². The summed E-state index contributed by atoms with van der Waals surface area (Å²) in [5.74, 6) is -4.82. The largest absolute Gasteiger partial charge is 0.480 e. The van der Waals surface area contributed by atoms with Gasteiger partial charge in [0.05, 0.1) is 25.6 Å². The van der Waals surface area contributed by atoms with E-state index in [1.807, 2.05) is 5.32 Å². The third-order valence-electron chi connectivity index (χ3n) is 2.81. The van der Waals surface area contributed by atoms with Crippen LogP contribution in [0.2, 0.25) is 0 Å². The van der Waals surface area contributed by atoms with Crippen LogP contribution in [0.3, 0.4) is 0 Å². The molecule has 0 heterocycles. The van der Waals surface area contributed by atoms with Crippen LogP contribution in [0.5, 0.6) is 0 Å². The lowest BCUT2D eigenvalue weighted by molar-refractivity contribution is -0.143. The zero-order valence-electron chi connectivity index (χ0n) is 13.1. The van der Waals surface area contributed by atoms with Gasteiger partial charge in [0, 0.05) is 5.75 Å². The molecule has 0 radical (unpaired) electrons. The SMILES string of the molecule is NC(=O)CC(N)C(=O)NCC(=O)NC(CS)C(=O)NC(CO)C(=O)O. The molecular formula is C12H21N5O7S. The number of primary amides is 1. The van der Waals surface area contributed by atoms with Crippen molar-refractivity contribution in [2.75, 3.05) is 18.9 Å². The molecule has 13 heteroatoms. The number of aliphatic carboxylic acids is 1. The number of carboxylic acids is 1. The molecule has 0 saturated heterocycles. The van der Waals surface area contributed by atoms with E-state index in [0.29, 0.717) is 0 Å². The molecule has 0 aliphatic carbocycles. The molecule has 3 atom stereocenters. The summed E-state index contributed by atoms with van der Waals surface area (Å²) in [7, 11) is 0. The Morgan fingerprint density at radius 1 is 1.04 bits per heavy atom. The molecular weight excluding hydrogens is 358 g/mol. The number of hydrogen-bond donors (Lipinski definition) is 8. The molecule has 0 fully saturated rings. The predicted molar refractivity (Wildman–Crippen MR) is 87.2 cm³/mol. The molecule has 25 heavy (non-hydrogen) atoms. The first-order valence-electron chi connectivity index (χ1n) is 6.98. The lowest BCUT2D eigenvalue weighted by Crippen LogP contribution is -2.55. The van der Waals surface area contributed by atoms with Crippen molar-refractivity contribution >= 4 is 42.2 Å². The van der Waals surface area contributed by atoms with Crippen molar-refractivity contribution in [3.63, 3.8) is 0 Å². The van der Waals surface area contributed by atoms with Gasteiger partial charge in [-0.1, -0.05) is 0 Å². The van der Waals surface area contributed by atoms with Crippen LogP contribution in [-0.4, -0.2) is 76.8 Å². The summed E-state index contributed by atoms with van der Waals surface area (Å²) in [5, 5.41) is 24.0. The molecule has 0 aromatic heterocycles. The molecule has 4 amide bonds. The van der Waals surface area contributed by atoms with E-state index in [-0.39, 0.29) is 5.75 Å². The van der Waals surface area contributed by atoms with Crippen molar-refractivity contribution < 1.29 is 34.2 Å². The molecule has 3 unspecified atom stereocenters. The summed E-state index contributed by atoms with van der Waals surface area (Å²) < 4.78 is 0. The van der Waals surface area contributed by atoms with Gasteiger partial charge in [-0.15, -0.1) is 0 Å². The summed E-state index contributed by atoms with van der Waals surface area (Å²) in [6.45, 7) is -1.37. The Morgan fingerprint density at radius 2 is 1.64 bits per heavy atom. The fourth-order valence-corrected chi connectivity index (χ4v) is 1.76. The second kappa shape index (κ2) is 11.2. The molecule has 0 saturated carbocycles. The summed E-state index contributed by atoms with van der Waals surface area (Å²) in [5.41, 5.74) is 10.3. The summed E-state index contributed by atoms with van der Waals surface area (Å²) in [6.07, 6.45) is -0.396. The Bertz CT molecular complexity index is 530. The van der Waals surface area contributed by atoms with Crippen LogP contribution >= 0.6 is 12.6 Å². The van der Waals surface area contributed by atoms with E-state index in [0.717, 1.165) is 0 Å². The first kappa shape index (κ1) is 22.6. The van der Waals surface area contributed by atoms with Gasteiger partial charge in [0.2, 0.25) is 23.6 Å². The number of rotatable bonds is 11. The van der Waals surface area contributed by atoms with Gasteiger partial charge in [-0.25, -0.2) is 4.79 Å². The van der Waals surface area contributed by atoms with Gasteiger partial charge in [-0.3, -0.25) is 19.2 Å². The van der Waals surface area contributed by atoms with Gasteiger partial charge in [0.1, 0.15) is 12.1 Å². The number of thiol groups is 1. The van der Waals surface area contributed by atoms with Crippen molar-refractivity contribution in [3.8, 4) is 0 Å². The number of aliphatic hydroxyl groups excluding tert-OH is 1. The van der Waals surface area contributed by atoms with E-state index in [1.54, 1.807) is 0 Å². The minimum Gasteiger partial charge on any atom is -0.480 e. The number of nitrogens with one attached hydrogen (secondary N) is 3. The summed E-state index contributed by atoms with van der Waals surface area (Å²) >= 11 is 3.87. The second-order valence-corrected chi connectivity index (χ2v) is 5.24. The lowest BCUT2D eigenvalue weighted by atomic mass is 10.2. The van der Waals surface area contributed by atoms with Crippen molar-refractivity contribution in [1.82, 2.24) is 16.0 Å². The zero-order chi connectivity index (χ0) is 19.6. The quantitative estimate of drug-likeness (QED) is 0.163. The molecule has 0 spiro atoms.